The van der Waals surface area contributed by atoms with Crippen LogP contribution in [0.2, 0.25) is 0 Å². The molecule has 1 aromatic carbocycles. The van der Waals surface area contributed by atoms with E-state index in [-0.39, 0.29) is 0 Å². The average Bonchev–Trinajstić information content (AvgIpc) is 2.39. The Morgan fingerprint density at radius 1 is 1.11 bits per heavy atom. The van der Waals surface area contributed by atoms with Gasteiger partial charge in [-0.1, -0.05) is 31.5 Å². The Balaban J connectivity index is 2.08. The van der Waals surface area contributed by atoms with E-state index in [0.717, 1.165) is 36.6 Å². The van der Waals surface area contributed by atoms with Gasteiger partial charge in [-0.05, 0) is 25.5 Å². The highest BCUT2D eigenvalue weighted by Gasteiger charge is 2.02. The molecule has 2 aromatic rings. The number of aromatic nitrogens is 2. The highest BCUT2D eigenvalue weighted by atomic mass is 15.1. The number of nitrogens with zero attached hydrogens (tertiary/aromatic N) is 2. The van der Waals surface area contributed by atoms with Gasteiger partial charge in [-0.2, -0.15) is 4.98 Å². The van der Waals surface area contributed by atoms with Crippen LogP contribution >= 0.6 is 0 Å². The largest absolute Gasteiger partial charge is 0.354 e. The van der Waals surface area contributed by atoms with Crippen LogP contribution in [0.4, 0.5) is 17.5 Å². The lowest BCUT2D eigenvalue weighted by molar-refractivity contribution is 0.825. The maximum Gasteiger partial charge on any atom is 0.224 e. The van der Waals surface area contributed by atoms with Crippen molar-refractivity contribution < 1.29 is 0 Å². The molecule has 0 atom stereocenters. The van der Waals surface area contributed by atoms with Crippen molar-refractivity contribution in [3.05, 3.63) is 42.1 Å². The Labute approximate surface area is 114 Å². The van der Waals surface area contributed by atoms with Gasteiger partial charge in [0.25, 0.3) is 0 Å². The lowest BCUT2D eigenvalue weighted by Gasteiger charge is -2.09. The minimum atomic E-state index is 0.687. The van der Waals surface area contributed by atoms with Gasteiger partial charge in [0.2, 0.25) is 5.95 Å². The van der Waals surface area contributed by atoms with Crippen molar-refractivity contribution in [2.75, 3.05) is 17.2 Å². The second-order valence-corrected chi connectivity index (χ2v) is 4.49. The first-order valence-electron chi connectivity index (χ1n) is 6.69. The molecular weight excluding hydrogens is 236 g/mol. The van der Waals surface area contributed by atoms with E-state index in [0.29, 0.717) is 5.95 Å². The van der Waals surface area contributed by atoms with Crippen LogP contribution in [-0.2, 0) is 0 Å². The monoisotopic (exact) mass is 256 g/mol. The van der Waals surface area contributed by atoms with E-state index >= 15 is 0 Å². The third kappa shape index (κ3) is 4.25. The molecule has 0 saturated heterocycles. The van der Waals surface area contributed by atoms with Gasteiger partial charge in [0.05, 0.1) is 0 Å². The zero-order valence-electron chi connectivity index (χ0n) is 11.5. The van der Waals surface area contributed by atoms with E-state index in [4.69, 9.17) is 0 Å². The fourth-order valence-electron chi connectivity index (χ4n) is 1.76. The van der Waals surface area contributed by atoms with Crippen molar-refractivity contribution in [1.82, 2.24) is 9.97 Å². The van der Waals surface area contributed by atoms with Crippen LogP contribution in [0.1, 0.15) is 25.5 Å². The highest BCUT2D eigenvalue weighted by molar-refractivity contribution is 5.57. The number of anilines is 3. The van der Waals surface area contributed by atoms with Crippen LogP contribution in [0.5, 0.6) is 0 Å². The molecule has 1 heterocycles. The number of hydrogen-bond donors (Lipinski definition) is 2. The molecule has 0 amide bonds. The standard InChI is InChI=1S/C15H20N4/c1-3-4-10-16-15-17-12(2)11-14(19-15)18-13-8-6-5-7-9-13/h5-9,11H,3-4,10H2,1-2H3,(H2,16,17,18,19). The zero-order chi connectivity index (χ0) is 13.5. The minimum Gasteiger partial charge on any atom is -0.354 e. The quantitative estimate of drug-likeness (QED) is 0.773. The normalized spacial score (nSPS) is 10.2. The Bertz CT molecular complexity index is 511. The molecule has 0 spiro atoms. The Kier molecular flexibility index (Phi) is 4.72. The molecule has 0 bridgehead atoms. The van der Waals surface area contributed by atoms with E-state index in [9.17, 15) is 0 Å². The molecule has 19 heavy (non-hydrogen) atoms. The third-order valence-corrected chi connectivity index (χ3v) is 2.71. The van der Waals surface area contributed by atoms with Gasteiger partial charge in [-0.25, -0.2) is 4.98 Å². The van der Waals surface area contributed by atoms with Crippen LogP contribution in [0.15, 0.2) is 36.4 Å². The highest BCUT2D eigenvalue weighted by Crippen LogP contribution is 2.16. The summed E-state index contributed by atoms with van der Waals surface area (Å²) in [7, 11) is 0. The van der Waals surface area contributed by atoms with Crippen LogP contribution in [-0.4, -0.2) is 16.5 Å². The molecular formula is C15H20N4. The molecule has 0 radical (unpaired) electrons. The predicted octanol–water partition coefficient (Wildman–Crippen LogP) is 3.74. The Hall–Kier alpha value is -2.10. The van der Waals surface area contributed by atoms with E-state index < -0.39 is 0 Å². The third-order valence-electron chi connectivity index (χ3n) is 2.71. The molecule has 0 unspecified atom stereocenters. The van der Waals surface area contributed by atoms with E-state index in [1.165, 1.54) is 0 Å². The first kappa shape index (κ1) is 13.3. The minimum absolute atomic E-state index is 0.687. The van der Waals surface area contributed by atoms with Crippen LogP contribution in [0.25, 0.3) is 0 Å². The first-order chi connectivity index (χ1) is 9.28. The number of rotatable bonds is 6. The van der Waals surface area contributed by atoms with Gasteiger partial charge >= 0.3 is 0 Å². The van der Waals surface area contributed by atoms with Gasteiger partial charge in [0.1, 0.15) is 5.82 Å². The Morgan fingerprint density at radius 3 is 2.63 bits per heavy atom. The topological polar surface area (TPSA) is 49.8 Å². The summed E-state index contributed by atoms with van der Waals surface area (Å²) in [6, 6.07) is 12.0. The van der Waals surface area contributed by atoms with Crippen molar-refractivity contribution in [2.45, 2.75) is 26.7 Å². The molecule has 0 fully saturated rings. The number of nitrogens with one attached hydrogen (secondary N) is 2. The summed E-state index contributed by atoms with van der Waals surface area (Å²) in [4.78, 5) is 8.85. The summed E-state index contributed by atoms with van der Waals surface area (Å²) < 4.78 is 0. The summed E-state index contributed by atoms with van der Waals surface area (Å²) in [6.07, 6.45) is 2.28. The van der Waals surface area contributed by atoms with Gasteiger partial charge in [-0.15, -0.1) is 0 Å². The van der Waals surface area contributed by atoms with E-state index in [2.05, 4.69) is 27.5 Å². The molecule has 2 rings (SSSR count). The lowest BCUT2D eigenvalue weighted by atomic mass is 10.3. The smallest absolute Gasteiger partial charge is 0.224 e. The van der Waals surface area contributed by atoms with Crippen molar-refractivity contribution in [3.63, 3.8) is 0 Å². The Morgan fingerprint density at radius 2 is 1.89 bits per heavy atom. The lowest BCUT2D eigenvalue weighted by Crippen LogP contribution is -2.07. The summed E-state index contributed by atoms with van der Waals surface area (Å²) in [5.74, 6) is 1.50. The SMILES string of the molecule is CCCCNc1nc(C)cc(Nc2ccccc2)n1. The second-order valence-electron chi connectivity index (χ2n) is 4.49. The van der Waals surface area contributed by atoms with Gasteiger partial charge in [0, 0.05) is 24.0 Å². The average molecular weight is 256 g/mol. The summed E-state index contributed by atoms with van der Waals surface area (Å²) in [6.45, 7) is 5.05. The molecule has 2 N–H and O–H groups in total. The maximum atomic E-state index is 4.47. The van der Waals surface area contributed by atoms with Gasteiger partial charge in [-0.3, -0.25) is 0 Å². The fraction of sp³-hybridized carbons (Fsp3) is 0.333. The summed E-state index contributed by atoms with van der Waals surface area (Å²) in [5.41, 5.74) is 1.98. The number of aryl methyl sites for hydroxylation is 1. The van der Waals surface area contributed by atoms with E-state index in [1.54, 1.807) is 0 Å². The molecule has 0 aliphatic rings. The predicted molar refractivity (Wildman–Crippen MR) is 79.9 cm³/mol. The van der Waals surface area contributed by atoms with Crippen molar-refractivity contribution >= 4 is 17.5 Å². The molecule has 1 aromatic heterocycles. The van der Waals surface area contributed by atoms with Crippen LogP contribution in [0.3, 0.4) is 0 Å². The summed E-state index contributed by atoms with van der Waals surface area (Å²) >= 11 is 0. The maximum absolute atomic E-state index is 4.47. The van der Waals surface area contributed by atoms with E-state index in [1.807, 2.05) is 43.3 Å². The van der Waals surface area contributed by atoms with Crippen molar-refractivity contribution in [1.29, 1.82) is 0 Å². The second kappa shape index (κ2) is 6.73. The van der Waals surface area contributed by atoms with Gasteiger partial charge < -0.3 is 10.6 Å². The summed E-state index contributed by atoms with van der Waals surface area (Å²) in [5, 5.41) is 6.53. The van der Waals surface area contributed by atoms with Crippen LogP contribution in [0, 0.1) is 6.92 Å². The van der Waals surface area contributed by atoms with Crippen LogP contribution < -0.4 is 10.6 Å². The number of hydrogen-bond acceptors (Lipinski definition) is 4. The first-order valence-corrected chi connectivity index (χ1v) is 6.69. The molecule has 0 aliphatic carbocycles. The van der Waals surface area contributed by atoms with Crippen molar-refractivity contribution in [2.24, 2.45) is 0 Å². The molecule has 4 heteroatoms. The number of benzene rings is 1. The van der Waals surface area contributed by atoms with Crippen molar-refractivity contribution in [3.8, 4) is 0 Å². The van der Waals surface area contributed by atoms with Gasteiger partial charge in [0.15, 0.2) is 0 Å². The zero-order valence-corrected chi connectivity index (χ0v) is 11.5. The fourth-order valence-corrected chi connectivity index (χ4v) is 1.76. The number of unbranched alkanes of at least 4 members (excludes halogenated alkanes) is 1. The molecule has 0 saturated carbocycles. The molecule has 4 nitrogen and oxygen atoms in total. The molecule has 0 aliphatic heterocycles. The number of para-hydroxylation sites is 1. The molecule has 100 valence electrons.